The predicted octanol–water partition coefficient (Wildman–Crippen LogP) is 2.78. The van der Waals surface area contributed by atoms with Crippen molar-refractivity contribution in [2.75, 3.05) is 11.1 Å². The second kappa shape index (κ2) is 5.58. The Morgan fingerprint density at radius 1 is 1.50 bits per heavy atom. The van der Waals surface area contributed by atoms with Crippen LogP contribution in [0.25, 0.3) is 0 Å². The summed E-state index contributed by atoms with van der Waals surface area (Å²) < 4.78 is 28.1. The second-order valence-corrected chi connectivity index (χ2v) is 4.82. The molecule has 1 aromatic carbocycles. The zero-order chi connectivity index (χ0) is 14.9. The minimum atomic E-state index is -0.883. The van der Waals surface area contributed by atoms with Crippen molar-refractivity contribution in [1.29, 1.82) is 0 Å². The highest BCUT2D eigenvalue weighted by molar-refractivity contribution is 9.10. The molecule has 0 aliphatic rings. The van der Waals surface area contributed by atoms with Crippen LogP contribution in [0.1, 0.15) is 17.4 Å². The van der Waals surface area contributed by atoms with E-state index in [9.17, 15) is 13.6 Å². The Bertz CT molecular complexity index is 648. The fraction of sp³-hybridized carbons (Fsp3) is 0.167. The maximum Gasteiger partial charge on any atom is 0.276 e. The van der Waals surface area contributed by atoms with E-state index in [1.807, 2.05) is 0 Å². The summed E-state index contributed by atoms with van der Waals surface area (Å²) in [5, 5.41) is 6.28. The molecular formula is C12H11BrF2N4O. The molecule has 0 aliphatic heterocycles. The van der Waals surface area contributed by atoms with Crippen LogP contribution in [0.4, 0.5) is 20.2 Å². The number of carbonyl (C=O) groups excluding carboxylic acids is 1. The van der Waals surface area contributed by atoms with E-state index >= 15 is 0 Å². The van der Waals surface area contributed by atoms with Crippen LogP contribution in [0.2, 0.25) is 0 Å². The van der Waals surface area contributed by atoms with Crippen molar-refractivity contribution in [2.45, 2.75) is 13.5 Å². The molecule has 0 atom stereocenters. The molecule has 1 heterocycles. The number of nitrogens with zero attached hydrogens (tertiary/aromatic N) is 2. The van der Waals surface area contributed by atoms with Crippen molar-refractivity contribution in [3.05, 3.63) is 40.1 Å². The SMILES string of the molecule is CCn1ncc(N)c1C(=O)Nc1c(F)cc(F)cc1Br. The lowest BCUT2D eigenvalue weighted by Crippen LogP contribution is -2.19. The lowest BCUT2D eigenvalue weighted by atomic mass is 10.2. The average Bonchev–Trinajstić information content (AvgIpc) is 2.74. The van der Waals surface area contributed by atoms with Gasteiger partial charge in [0.15, 0.2) is 5.82 Å². The molecule has 0 unspecified atom stereocenters. The maximum atomic E-state index is 13.7. The topological polar surface area (TPSA) is 72.9 Å². The van der Waals surface area contributed by atoms with Gasteiger partial charge in [0.2, 0.25) is 0 Å². The number of anilines is 2. The van der Waals surface area contributed by atoms with E-state index in [1.54, 1.807) is 6.92 Å². The van der Waals surface area contributed by atoms with Gasteiger partial charge < -0.3 is 11.1 Å². The van der Waals surface area contributed by atoms with Crippen LogP contribution in [0.5, 0.6) is 0 Å². The number of nitrogens with two attached hydrogens (primary N) is 1. The molecule has 0 radical (unpaired) electrons. The first-order valence-corrected chi connectivity index (χ1v) is 6.50. The molecule has 0 bridgehead atoms. The Morgan fingerprint density at radius 3 is 2.80 bits per heavy atom. The van der Waals surface area contributed by atoms with E-state index in [0.29, 0.717) is 12.6 Å². The summed E-state index contributed by atoms with van der Waals surface area (Å²) in [6.07, 6.45) is 1.34. The standard InChI is InChI=1S/C12H11BrF2N4O/c1-2-19-11(9(16)5-17-19)12(20)18-10-7(13)3-6(14)4-8(10)15/h3-5H,2,16H2,1H3,(H,18,20). The lowest BCUT2D eigenvalue weighted by Gasteiger charge is -2.10. The second-order valence-electron chi connectivity index (χ2n) is 3.96. The van der Waals surface area contributed by atoms with Gasteiger partial charge in [-0.05, 0) is 28.9 Å². The maximum absolute atomic E-state index is 13.7. The average molecular weight is 345 g/mol. The smallest absolute Gasteiger partial charge is 0.276 e. The molecule has 3 N–H and O–H groups in total. The van der Waals surface area contributed by atoms with Crippen LogP contribution in [-0.2, 0) is 6.54 Å². The highest BCUT2D eigenvalue weighted by atomic mass is 79.9. The summed E-state index contributed by atoms with van der Waals surface area (Å²) in [4.78, 5) is 12.1. The number of hydrogen-bond donors (Lipinski definition) is 2. The molecule has 20 heavy (non-hydrogen) atoms. The van der Waals surface area contributed by atoms with Crippen molar-refractivity contribution in [3.8, 4) is 0 Å². The largest absolute Gasteiger partial charge is 0.396 e. The first-order valence-electron chi connectivity index (χ1n) is 5.71. The molecular weight excluding hydrogens is 334 g/mol. The Morgan fingerprint density at radius 2 is 2.20 bits per heavy atom. The number of carbonyl (C=O) groups is 1. The van der Waals surface area contributed by atoms with Crippen molar-refractivity contribution in [2.24, 2.45) is 0 Å². The van der Waals surface area contributed by atoms with Crippen LogP contribution < -0.4 is 11.1 Å². The van der Waals surface area contributed by atoms with Crippen molar-refractivity contribution < 1.29 is 13.6 Å². The van der Waals surface area contributed by atoms with Gasteiger partial charge in [0.1, 0.15) is 11.5 Å². The molecule has 0 spiro atoms. The molecule has 0 aliphatic carbocycles. The third kappa shape index (κ3) is 2.64. The van der Waals surface area contributed by atoms with Gasteiger partial charge >= 0.3 is 0 Å². The monoisotopic (exact) mass is 344 g/mol. The van der Waals surface area contributed by atoms with Gasteiger partial charge in [-0.15, -0.1) is 0 Å². The third-order valence-corrected chi connectivity index (χ3v) is 3.25. The van der Waals surface area contributed by atoms with Crippen LogP contribution in [0.15, 0.2) is 22.8 Å². The van der Waals surface area contributed by atoms with Gasteiger partial charge in [-0.3, -0.25) is 9.48 Å². The molecule has 8 heteroatoms. The van der Waals surface area contributed by atoms with Crippen molar-refractivity contribution in [1.82, 2.24) is 9.78 Å². The van der Waals surface area contributed by atoms with Crippen LogP contribution in [0, 0.1) is 11.6 Å². The summed E-state index contributed by atoms with van der Waals surface area (Å²) in [6, 6.07) is 1.74. The fourth-order valence-electron chi connectivity index (χ4n) is 1.72. The molecule has 0 fully saturated rings. The first-order chi connectivity index (χ1) is 9.43. The first kappa shape index (κ1) is 14.4. The highest BCUT2D eigenvalue weighted by Gasteiger charge is 2.19. The predicted molar refractivity (Wildman–Crippen MR) is 74.3 cm³/mol. The molecule has 5 nitrogen and oxygen atoms in total. The number of aryl methyl sites for hydroxylation is 1. The molecule has 2 rings (SSSR count). The Balaban J connectivity index is 2.35. The van der Waals surface area contributed by atoms with E-state index in [-0.39, 0.29) is 21.5 Å². The quantitative estimate of drug-likeness (QED) is 0.899. The summed E-state index contributed by atoms with van der Waals surface area (Å²) in [6.45, 7) is 2.23. The van der Waals surface area contributed by atoms with Gasteiger partial charge in [-0.2, -0.15) is 5.10 Å². The van der Waals surface area contributed by atoms with Crippen molar-refractivity contribution >= 4 is 33.2 Å². The van der Waals surface area contributed by atoms with Gasteiger partial charge in [0.25, 0.3) is 5.91 Å². The van der Waals surface area contributed by atoms with Gasteiger partial charge in [0, 0.05) is 17.1 Å². The number of nitrogen functional groups attached to an aromatic ring is 1. The molecule has 2 aromatic rings. The van der Waals surface area contributed by atoms with E-state index in [4.69, 9.17) is 5.73 Å². The third-order valence-electron chi connectivity index (χ3n) is 2.63. The number of halogens is 3. The van der Waals surface area contributed by atoms with E-state index in [2.05, 4.69) is 26.3 Å². The molecule has 0 saturated carbocycles. The van der Waals surface area contributed by atoms with Gasteiger partial charge in [-0.1, -0.05) is 0 Å². The number of benzene rings is 1. The van der Waals surface area contributed by atoms with Gasteiger partial charge in [-0.25, -0.2) is 8.78 Å². The fourth-order valence-corrected chi connectivity index (χ4v) is 2.23. The zero-order valence-corrected chi connectivity index (χ0v) is 12.0. The molecule has 1 amide bonds. The zero-order valence-electron chi connectivity index (χ0n) is 10.5. The molecule has 106 valence electrons. The Hall–Kier alpha value is -1.96. The summed E-state index contributed by atoms with van der Waals surface area (Å²) in [5.74, 6) is -2.25. The van der Waals surface area contributed by atoms with Crippen LogP contribution in [-0.4, -0.2) is 15.7 Å². The van der Waals surface area contributed by atoms with E-state index in [1.165, 1.54) is 10.9 Å². The van der Waals surface area contributed by atoms with E-state index < -0.39 is 17.5 Å². The minimum Gasteiger partial charge on any atom is -0.396 e. The molecule has 0 saturated heterocycles. The summed E-state index contributed by atoms with van der Waals surface area (Å²) >= 11 is 3.00. The number of hydrogen-bond acceptors (Lipinski definition) is 3. The Kier molecular flexibility index (Phi) is 4.03. The summed E-state index contributed by atoms with van der Waals surface area (Å²) in [7, 11) is 0. The van der Waals surface area contributed by atoms with E-state index in [0.717, 1.165) is 6.07 Å². The Labute approximate surface area is 121 Å². The summed E-state index contributed by atoms with van der Waals surface area (Å²) in [5.41, 5.74) is 5.82. The van der Waals surface area contributed by atoms with Crippen molar-refractivity contribution in [3.63, 3.8) is 0 Å². The highest BCUT2D eigenvalue weighted by Crippen LogP contribution is 2.27. The van der Waals surface area contributed by atoms with Crippen LogP contribution >= 0.6 is 15.9 Å². The van der Waals surface area contributed by atoms with Gasteiger partial charge in [0.05, 0.1) is 17.6 Å². The minimum absolute atomic E-state index is 0.101. The normalized spacial score (nSPS) is 10.6. The number of nitrogens with one attached hydrogen (secondary N) is 1. The number of amides is 1. The van der Waals surface area contributed by atoms with Crippen LogP contribution in [0.3, 0.4) is 0 Å². The number of aromatic nitrogens is 2. The number of rotatable bonds is 3. The molecule has 1 aromatic heterocycles. The lowest BCUT2D eigenvalue weighted by molar-refractivity contribution is 0.101.